The molecule has 136 valence electrons. The Morgan fingerprint density at radius 3 is 2.52 bits per heavy atom. The molecule has 0 aromatic heterocycles. The van der Waals surface area contributed by atoms with Gasteiger partial charge in [0, 0.05) is 0 Å². The number of quaternary nitrogens is 1. The number of hydrogen-bond donors (Lipinski definition) is 2. The highest BCUT2D eigenvalue weighted by Crippen LogP contribution is 2.27. The Hall–Kier alpha value is -2.19. The summed E-state index contributed by atoms with van der Waals surface area (Å²) < 4.78 is 5.45. The van der Waals surface area contributed by atoms with Crippen molar-refractivity contribution in [1.29, 1.82) is 0 Å². The topological polar surface area (TPSA) is 46.0 Å². The number of para-hydroxylation sites is 2. The van der Waals surface area contributed by atoms with Crippen LogP contribution in [0.3, 0.4) is 0 Å². The van der Waals surface area contributed by atoms with E-state index in [1.807, 2.05) is 32.0 Å². The maximum atomic E-state index is 12.4. The van der Waals surface area contributed by atoms with Crippen LogP contribution < -0.4 is 19.9 Å². The summed E-state index contributed by atoms with van der Waals surface area (Å²) >= 11 is 0. The quantitative estimate of drug-likeness (QED) is 0.716. The van der Waals surface area contributed by atoms with Gasteiger partial charge in [-0.25, -0.2) is 0 Å². The van der Waals surface area contributed by atoms with Gasteiger partial charge in [-0.15, -0.1) is 6.42 Å². The molecule has 1 aliphatic rings. The zero-order chi connectivity index (χ0) is 18.3. The highest BCUT2D eigenvalue weighted by molar-refractivity contribution is 5.78. The van der Waals surface area contributed by atoms with Crippen LogP contribution >= 0.6 is 0 Å². The first-order valence-electron chi connectivity index (χ1n) is 9.07. The molecule has 1 heterocycles. The lowest BCUT2D eigenvalue weighted by molar-refractivity contribution is -0.892. The summed E-state index contributed by atoms with van der Waals surface area (Å²) in [6.45, 7) is 8.17. The van der Waals surface area contributed by atoms with E-state index in [-0.39, 0.29) is 5.91 Å². The highest BCUT2D eigenvalue weighted by atomic mass is 16.5. The van der Waals surface area contributed by atoms with Crippen LogP contribution in [-0.2, 0) is 4.79 Å². The van der Waals surface area contributed by atoms with Crippen molar-refractivity contribution in [3.8, 4) is 18.1 Å². The molecule has 1 aromatic carbocycles. The SMILES string of the molecule is C#CC(CC)(CC)NC(=O)C[NH+]1CCN(c2ccccc2OC)CC1. The van der Waals surface area contributed by atoms with E-state index in [9.17, 15) is 4.79 Å². The summed E-state index contributed by atoms with van der Waals surface area (Å²) in [5.41, 5.74) is 0.618. The van der Waals surface area contributed by atoms with E-state index in [1.54, 1.807) is 7.11 Å². The Kier molecular flexibility index (Phi) is 6.72. The minimum Gasteiger partial charge on any atom is -0.495 e. The van der Waals surface area contributed by atoms with Crippen LogP contribution in [0.15, 0.2) is 24.3 Å². The molecule has 1 saturated heterocycles. The third kappa shape index (κ3) is 4.67. The number of rotatable bonds is 7. The number of carbonyl (C=O) groups is 1. The molecular formula is C20H30N3O2+. The van der Waals surface area contributed by atoms with E-state index in [2.05, 4.69) is 22.2 Å². The molecule has 25 heavy (non-hydrogen) atoms. The molecule has 1 amide bonds. The molecule has 5 nitrogen and oxygen atoms in total. The maximum absolute atomic E-state index is 12.4. The Morgan fingerprint density at radius 2 is 1.96 bits per heavy atom. The third-order valence-corrected chi connectivity index (χ3v) is 5.17. The van der Waals surface area contributed by atoms with Crippen LogP contribution in [0.4, 0.5) is 5.69 Å². The minimum atomic E-state index is -0.504. The van der Waals surface area contributed by atoms with Gasteiger partial charge in [0.1, 0.15) is 11.3 Å². The molecule has 2 rings (SSSR count). The smallest absolute Gasteiger partial charge is 0.276 e. The van der Waals surface area contributed by atoms with Crippen molar-refractivity contribution < 1.29 is 14.4 Å². The summed E-state index contributed by atoms with van der Waals surface area (Å²) in [7, 11) is 1.70. The van der Waals surface area contributed by atoms with Gasteiger partial charge in [-0.1, -0.05) is 31.9 Å². The highest BCUT2D eigenvalue weighted by Gasteiger charge is 2.29. The first-order chi connectivity index (χ1) is 12.1. The number of nitrogens with one attached hydrogen (secondary N) is 2. The molecule has 0 saturated carbocycles. The number of hydrogen-bond acceptors (Lipinski definition) is 3. The van der Waals surface area contributed by atoms with Gasteiger partial charge in [0.15, 0.2) is 6.54 Å². The van der Waals surface area contributed by atoms with Gasteiger partial charge in [0.2, 0.25) is 0 Å². The van der Waals surface area contributed by atoms with Crippen LogP contribution in [0.2, 0.25) is 0 Å². The summed E-state index contributed by atoms with van der Waals surface area (Å²) in [6, 6.07) is 8.07. The van der Waals surface area contributed by atoms with Gasteiger partial charge in [-0.3, -0.25) is 4.79 Å². The Bertz CT molecular complexity index is 612. The van der Waals surface area contributed by atoms with Gasteiger partial charge in [0.25, 0.3) is 5.91 Å². The van der Waals surface area contributed by atoms with Crippen molar-refractivity contribution in [1.82, 2.24) is 5.32 Å². The Morgan fingerprint density at radius 1 is 1.32 bits per heavy atom. The number of amides is 1. The average molecular weight is 344 g/mol. The third-order valence-electron chi connectivity index (χ3n) is 5.17. The van der Waals surface area contributed by atoms with E-state index in [1.165, 1.54) is 4.90 Å². The predicted octanol–water partition coefficient (Wildman–Crippen LogP) is 0.708. The number of methoxy groups -OCH3 is 1. The van der Waals surface area contributed by atoms with Crippen molar-refractivity contribution in [3.05, 3.63) is 24.3 Å². The second-order valence-electron chi connectivity index (χ2n) is 6.57. The summed E-state index contributed by atoms with van der Waals surface area (Å²) in [4.78, 5) is 16.0. The standard InChI is InChI=1S/C20H29N3O2/c1-5-20(6-2,7-3)21-19(24)16-22-12-14-23(15-13-22)17-10-8-9-11-18(17)25-4/h1,8-11H,6-7,12-16H2,2-4H3,(H,21,24)/p+1. The lowest BCUT2D eigenvalue weighted by Crippen LogP contribution is -3.16. The van der Waals surface area contributed by atoms with E-state index in [0.717, 1.165) is 50.5 Å². The lowest BCUT2D eigenvalue weighted by Gasteiger charge is -2.34. The molecule has 0 atom stereocenters. The predicted molar refractivity (Wildman–Crippen MR) is 101 cm³/mol. The molecule has 0 aliphatic carbocycles. The second kappa shape index (κ2) is 8.77. The molecule has 0 radical (unpaired) electrons. The first-order valence-corrected chi connectivity index (χ1v) is 9.07. The lowest BCUT2D eigenvalue weighted by atomic mass is 9.94. The summed E-state index contributed by atoms with van der Waals surface area (Å²) in [6.07, 6.45) is 7.14. The Balaban J connectivity index is 1.88. The number of ether oxygens (including phenoxy) is 1. The van der Waals surface area contributed by atoms with E-state index >= 15 is 0 Å². The van der Waals surface area contributed by atoms with Crippen LogP contribution in [-0.4, -0.2) is 51.3 Å². The molecule has 1 aliphatic heterocycles. The molecule has 1 fully saturated rings. The number of terminal acetylenes is 1. The fraction of sp³-hybridized carbons (Fsp3) is 0.550. The number of nitrogens with zero attached hydrogens (tertiary/aromatic N) is 1. The van der Waals surface area contributed by atoms with Crippen molar-refractivity contribution in [3.63, 3.8) is 0 Å². The van der Waals surface area contributed by atoms with Crippen LogP contribution in [0.1, 0.15) is 26.7 Å². The van der Waals surface area contributed by atoms with Crippen LogP contribution in [0.25, 0.3) is 0 Å². The van der Waals surface area contributed by atoms with E-state index in [4.69, 9.17) is 11.2 Å². The molecular weight excluding hydrogens is 314 g/mol. The summed E-state index contributed by atoms with van der Waals surface area (Å²) in [5.74, 6) is 3.70. The fourth-order valence-corrected chi connectivity index (χ4v) is 3.34. The number of benzene rings is 1. The van der Waals surface area contributed by atoms with Gasteiger partial charge < -0.3 is 19.9 Å². The normalized spacial score (nSPS) is 15.5. The van der Waals surface area contributed by atoms with E-state index < -0.39 is 5.54 Å². The first kappa shape index (κ1) is 19.1. The van der Waals surface area contributed by atoms with Gasteiger partial charge in [0.05, 0.1) is 39.0 Å². The molecule has 5 heteroatoms. The van der Waals surface area contributed by atoms with Crippen molar-refractivity contribution in [2.75, 3.05) is 44.7 Å². The van der Waals surface area contributed by atoms with Crippen LogP contribution in [0, 0.1) is 12.3 Å². The Labute approximate surface area is 151 Å². The molecule has 2 N–H and O–H groups in total. The molecule has 0 spiro atoms. The van der Waals surface area contributed by atoms with Crippen LogP contribution in [0.5, 0.6) is 5.75 Å². The summed E-state index contributed by atoms with van der Waals surface area (Å²) in [5, 5.41) is 3.06. The van der Waals surface area contributed by atoms with Gasteiger partial charge in [-0.05, 0) is 25.0 Å². The maximum Gasteiger partial charge on any atom is 0.276 e. The zero-order valence-corrected chi connectivity index (χ0v) is 15.6. The van der Waals surface area contributed by atoms with Crippen molar-refractivity contribution >= 4 is 11.6 Å². The largest absolute Gasteiger partial charge is 0.495 e. The van der Waals surface area contributed by atoms with E-state index in [0.29, 0.717) is 6.54 Å². The van der Waals surface area contributed by atoms with Crippen molar-refractivity contribution in [2.45, 2.75) is 32.2 Å². The number of anilines is 1. The fourth-order valence-electron chi connectivity index (χ4n) is 3.34. The number of carbonyl (C=O) groups excluding carboxylic acids is 1. The zero-order valence-electron chi connectivity index (χ0n) is 15.6. The average Bonchev–Trinajstić information content (AvgIpc) is 2.67. The minimum absolute atomic E-state index is 0.0439. The monoisotopic (exact) mass is 344 g/mol. The second-order valence-corrected chi connectivity index (χ2v) is 6.57. The van der Waals surface area contributed by atoms with Gasteiger partial charge >= 0.3 is 0 Å². The van der Waals surface area contributed by atoms with Crippen molar-refractivity contribution in [2.24, 2.45) is 0 Å². The molecule has 0 unspecified atom stereocenters. The molecule has 1 aromatic rings. The number of piperazine rings is 1. The molecule has 0 bridgehead atoms. The van der Waals surface area contributed by atoms with Gasteiger partial charge in [-0.2, -0.15) is 0 Å².